The van der Waals surface area contributed by atoms with E-state index in [9.17, 15) is 18.0 Å². The Morgan fingerprint density at radius 1 is 1.25 bits per heavy atom. The van der Waals surface area contributed by atoms with E-state index in [0.29, 0.717) is 30.8 Å². The maximum Gasteiger partial charge on any atom is 0.451 e. The van der Waals surface area contributed by atoms with Gasteiger partial charge in [-0.3, -0.25) is 9.89 Å². The number of alkyl halides is 3. The molecule has 0 bridgehead atoms. The van der Waals surface area contributed by atoms with Crippen LogP contribution in [0.5, 0.6) is 0 Å². The van der Waals surface area contributed by atoms with Crippen LogP contribution in [0.1, 0.15) is 42.1 Å². The van der Waals surface area contributed by atoms with Crippen LogP contribution in [0.4, 0.5) is 13.2 Å². The number of hydrogen-bond donors (Lipinski definition) is 1. The maximum absolute atomic E-state index is 12.7. The minimum absolute atomic E-state index is 0.132. The number of carbonyl (C=O) groups excluding carboxylic acids is 1. The molecule has 0 unspecified atom stereocenters. The van der Waals surface area contributed by atoms with E-state index in [1.807, 2.05) is 19.2 Å². The average molecular weight is 401 g/mol. The predicted octanol–water partition coefficient (Wildman–Crippen LogP) is 2.03. The molecule has 2 heterocycles. The Balaban J connectivity index is 1.41. The molecule has 4 rings (SSSR count). The molecule has 0 aromatic carbocycles. The molecule has 28 heavy (non-hydrogen) atoms. The highest BCUT2D eigenvalue weighted by Crippen LogP contribution is 2.40. The second-order valence-corrected chi connectivity index (χ2v) is 8.55. The molecule has 7 nitrogen and oxygen atoms in total. The van der Waals surface area contributed by atoms with Gasteiger partial charge in [0.25, 0.3) is 5.91 Å². The number of ether oxygens (including phenoxy) is 1. The first-order valence-electron chi connectivity index (χ1n) is 9.79. The fourth-order valence-corrected chi connectivity index (χ4v) is 4.45. The number of H-pyrrole nitrogens is 1. The molecule has 156 valence electrons. The first-order valence-corrected chi connectivity index (χ1v) is 9.79. The van der Waals surface area contributed by atoms with Crippen molar-refractivity contribution in [1.82, 2.24) is 25.0 Å². The van der Waals surface area contributed by atoms with Crippen LogP contribution in [-0.2, 0) is 10.9 Å². The fraction of sp³-hybridized carbons (Fsp3) is 0.833. The van der Waals surface area contributed by atoms with Gasteiger partial charge in [0.1, 0.15) is 0 Å². The molecule has 1 aliphatic heterocycles. The Bertz CT molecular complexity index is 718. The molecule has 4 atom stereocenters. The molecule has 10 heteroatoms. The Labute approximate surface area is 161 Å². The third-order valence-corrected chi connectivity index (χ3v) is 6.22. The summed E-state index contributed by atoms with van der Waals surface area (Å²) in [6, 6.07) is 0.287. The summed E-state index contributed by atoms with van der Waals surface area (Å²) in [5.74, 6) is -0.900. The van der Waals surface area contributed by atoms with E-state index in [4.69, 9.17) is 4.74 Å². The van der Waals surface area contributed by atoms with Crippen molar-refractivity contribution >= 4 is 5.91 Å². The van der Waals surface area contributed by atoms with E-state index < -0.39 is 23.7 Å². The molecule has 1 amide bonds. The number of rotatable bonds is 5. The summed E-state index contributed by atoms with van der Waals surface area (Å²) < 4.78 is 44.3. The van der Waals surface area contributed by atoms with Crippen molar-refractivity contribution in [1.29, 1.82) is 0 Å². The number of nitrogens with zero attached hydrogens (tertiary/aromatic N) is 4. The van der Waals surface area contributed by atoms with Crippen LogP contribution < -0.4 is 0 Å². The number of aromatic nitrogens is 3. The standard InChI is InChI=1S/C18H26F3N5O2/c1-25(2)13-5-11-7-26(8-12(11)6-14(13)28-9-10-3-4-10)16(27)15-22-17(24-23-15)18(19,20)21/h10-14H,3-9H2,1-2H3,(H,22,23,24)/t11-,12+,13-,14-/m1/s1. The summed E-state index contributed by atoms with van der Waals surface area (Å²) in [5.41, 5.74) is 0. The van der Waals surface area contributed by atoms with Gasteiger partial charge in [-0.05, 0) is 57.5 Å². The first-order chi connectivity index (χ1) is 13.2. The number of nitrogens with one attached hydrogen (secondary N) is 1. The first kappa shape index (κ1) is 19.6. The second-order valence-electron chi connectivity index (χ2n) is 8.55. The lowest BCUT2D eigenvalue weighted by atomic mass is 9.77. The van der Waals surface area contributed by atoms with Crippen molar-refractivity contribution in [3.63, 3.8) is 0 Å². The number of hydrogen-bond acceptors (Lipinski definition) is 5. The number of halogens is 3. The lowest BCUT2D eigenvalue weighted by molar-refractivity contribution is -0.144. The zero-order chi connectivity index (χ0) is 20.1. The number of likely N-dealkylation sites (tertiary alicyclic amines) is 1. The number of aromatic amines is 1. The van der Waals surface area contributed by atoms with Crippen LogP contribution in [-0.4, -0.2) is 76.8 Å². The Hall–Kier alpha value is -1.68. The van der Waals surface area contributed by atoms with Gasteiger partial charge in [-0.15, -0.1) is 5.10 Å². The zero-order valence-corrected chi connectivity index (χ0v) is 16.1. The third-order valence-electron chi connectivity index (χ3n) is 6.22. The largest absolute Gasteiger partial charge is 0.451 e. The van der Waals surface area contributed by atoms with Gasteiger partial charge in [-0.25, -0.2) is 0 Å². The van der Waals surface area contributed by atoms with Gasteiger partial charge in [0.15, 0.2) is 0 Å². The molecular formula is C18H26F3N5O2. The van der Waals surface area contributed by atoms with Crippen LogP contribution in [0.15, 0.2) is 0 Å². The molecule has 3 aliphatic rings. The minimum Gasteiger partial charge on any atom is -0.376 e. The SMILES string of the molecule is CN(C)[C@@H]1C[C@@H]2CN(C(=O)c3n[nH]c(C(F)(F)F)n3)C[C@@H]2C[C@H]1OCC1CC1. The van der Waals surface area contributed by atoms with E-state index in [1.54, 1.807) is 4.90 Å². The molecule has 1 N–H and O–H groups in total. The van der Waals surface area contributed by atoms with Crippen molar-refractivity contribution in [3.05, 3.63) is 11.6 Å². The predicted molar refractivity (Wildman–Crippen MR) is 93.4 cm³/mol. The molecule has 2 saturated carbocycles. The van der Waals surface area contributed by atoms with E-state index in [2.05, 4.69) is 15.0 Å². The van der Waals surface area contributed by atoms with Crippen LogP contribution >= 0.6 is 0 Å². The van der Waals surface area contributed by atoms with Crippen molar-refractivity contribution in [2.75, 3.05) is 33.8 Å². The quantitative estimate of drug-likeness (QED) is 0.817. The molecule has 1 saturated heterocycles. The third kappa shape index (κ3) is 4.03. The molecule has 3 fully saturated rings. The number of fused-ring (bicyclic) bond motifs is 1. The Morgan fingerprint density at radius 3 is 2.50 bits per heavy atom. The summed E-state index contributed by atoms with van der Waals surface area (Å²) in [6.07, 6.45) is -0.249. The molecule has 0 radical (unpaired) electrons. The lowest BCUT2D eigenvalue weighted by Crippen LogP contribution is -2.48. The van der Waals surface area contributed by atoms with Crippen LogP contribution in [0.2, 0.25) is 0 Å². The molecule has 1 aromatic rings. The van der Waals surface area contributed by atoms with Crippen LogP contribution in [0.25, 0.3) is 0 Å². The number of likely N-dealkylation sites (N-methyl/N-ethyl adjacent to an activating group) is 1. The second kappa shape index (κ2) is 7.29. The van der Waals surface area contributed by atoms with Crippen LogP contribution in [0, 0.1) is 17.8 Å². The van der Waals surface area contributed by atoms with E-state index in [1.165, 1.54) is 12.8 Å². The summed E-state index contributed by atoms with van der Waals surface area (Å²) in [7, 11) is 4.09. The summed E-state index contributed by atoms with van der Waals surface area (Å²) in [4.78, 5) is 19.7. The normalized spacial score (nSPS) is 30.7. The van der Waals surface area contributed by atoms with Crippen molar-refractivity contribution in [2.24, 2.45) is 17.8 Å². The van der Waals surface area contributed by atoms with Crippen LogP contribution in [0.3, 0.4) is 0 Å². The number of carbonyl (C=O) groups is 1. The fourth-order valence-electron chi connectivity index (χ4n) is 4.45. The highest BCUT2D eigenvalue weighted by atomic mass is 19.4. The maximum atomic E-state index is 12.7. The zero-order valence-electron chi connectivity index (χ0n) is 16.1. The summed E-state index contributed by atoms with van der Waals surface area (Å²) in [6.45, 7) is 1.84. The van der Waals surface area contributed by atoms with Gasteiger partial charge in [0, 0.05) is 25.7 Å². The van der Waals surface area contributed by atoms with E-state index >= 15 is 0 Å². The highest BCUT2D eigenvalue weighted by molar-refractivity contribution is 5.90. The lowest BCUT2D eigenvalue weighted by Gasteiger charge is -2.41. The smallest absolute Gasteiger partial charge is 0.376 e. The number of amides is 1. The van der Waals surface area contributed by atoms with Gasteiger partial charge in [-0.2, -0.15) is 18.2 Å². The van der Waals surface area contributed by atoms with Gasteiger partial charge < -0.3 is 14.5 Å². The summed E-state index contributed by atoms with van der Waals surface area (Å²) >= 11 is 0. The molecule has 0 spiro atoms. The average Bonchev–Trinajstić information content (AvgIpc) is 3.15. The van der Waals surface area contributed by atoms with Gasteiger partial charge in [0.05, 0.1) is 6.10 Å². The molecule has 2 aliphatic carbocycles. The topological polar surface area (TPSA) is 74.4 Å². The Kier molecular flexibility index (Phi) is 5.11. The van der Waals surface area contributed by atoms with E-state index in [0.717, 1.165) is 19.4 Å². The van der Waals surface area contributed by atoms with Gasteiger partial charge in [0.2, 0.25) is 11.6 Å². The monoisotopic (exact) mass is 401 g/mol. The Morgan fingerprint density at radius 2 is 1.93 bits per heavy atom. The molecule has 1 aromatic heterocycles. The van der Waals surface area contributed by atoms with Crippen molar-refractivity contribution < 1.29 is 22.7 Å². The van der Waals surface area contributed by atoms with Gasteiger partial charge >= 0.3 is 6.18 Å². The summed E-state index contributed by atoms with van der Waals surface area (Å²) in [5, 5.41) is 5.29. The van der Waals surface area contributed by atoms with Gasteiger partial charge in [-0.1, -0.05) is 0 Å². The van der Waals surface area contributed by atoms with E-state index in [-0.39, 0.29) is 12.1 Å². The van der Waals surface area contributed by atoms with Crippen molar-refractivity contribution in [2.45, 2.75) is 44.0 Å². The van der Waals surface area contributed by atoms with Crippen molar-refractivity contribution in [3.8, 4) is 0 Å². The molecular weight excluding hydrogens is 375 g/mol. The highest BCUT2D eigenvalue weighted by Gasteiger charge is 2.46. The minimum atomic E-state index is -4.64.